The van der Waals surface area contributed by atoms with Gasteiger partial charge in [-0.25, -0.2) is 0 Å². The van der Waals surface area contributed by atoms with Crippen molar-refractivity contribution < 1.29 is 4.74 Å². The first kappa shape index (κ1) is 23.0. The van der Waals surface area contributed by atoms with Crippen LogP contribution in [0.25, 0.3) is 0 Å². The van der Waals surface area contributed by atoms with Gasteiger partial charge in [-0.2, -0.15) is 0 Å². The van der Waals surface area contributed by atoms with Gasteiger partial charge in [0.1, 0.15) is 0 Å². The summed E-state index contributed by atoms with van der Waals surface area (Å²) in [6.45, 7) is 5.52. The van der Waals surface area contributed by atoms with Crippen LogP contribution in [0.1, 0.15) is 122 Å². The van der Waals surface area contributed by atoms with Gasteiger partial charge in [-0.1, -0.05) is 103 Å². The lowest BCUT2D eigenvalue weighted by atomic mass is 10.0. The van der Waals surface area contributed by atoms with E-state index in [2.05, 4.69) is 12.2 Å². The molecule has 0 bridgehead atoms. The monoisotopic (exact) mass is 353 g/mol. The summed E-state index contributed by atoms with van der Waals surface area (Å²) >= 11 is 0. The van der Waals surface area contributed by atoms with Crippen molar-refractivity contribution in [1.29, 1.82) is 0 Å². The summed E-state index contributed by atoms with van der Waals surface area (Å²) in [5.41, 5.74) is 0. The van der Waals surface area contributed by atoms with Crippen molar-refractivity contribution in [3.63, 3.8) is 0 Å². The summed E-state index contributed by atoms with van der Waals surface area (Å²) in [7, 11) is 0. The molecule has 0 amide bonds. The molecule has 2 nitrogen and oxygen atoms in total. The first-order chi connectivity index (χ1) is 12.4. The minimum absolute atomic E-state index is 0.501. The summed E-state index contributed by atoms with van der Waals surface area (Å²) < 4.78 is 5.62. The van der Waals surface area contributed by atoms with E-state index in [9.17, 15) is 0 Å². The zero-order chi connectivity index (χ0) is 17.8. The SMILES string of the molecule is CCCCCCCCCCCCCCCCCCNCC1CCCO1. The maximum Gasteiger partial charge on any atom is 0.0700 e. The highest BCUT2D eigenvalue weighted by Crippen LogP contribution is 2.14. The standard InChI is InChI=1S/C23H47NO/c1-2-3-4-5-6-7-8-9-10-11-12-13-14-15-16-17-20-24-22-23-19-18-21-25-23/h23-24H,2-22H2,1H3. The van der Waals surface area contributed by atoms with E-state index in [0.717, 1.165) is 13.2 Å². The van der Waals surface area contributed by atoms with E-state index in [-0.39, 0.29) is 0 Å². The van der Waals surface area contributed by atoms with Crippen molar-refractivity contribution in [2.24, 2.45) is 0 Å². The Hall–Kier alpha value is -0.0800. The highest BCUT2D eigenvalue weighted by molar-refractivity contribution is 4.67. The van der Waals surface area contributed by atoms with Crippen LogP contribution in [0.2, 0.25) is 0 Å². The smallest absolute Gasteiger partial charge is 0.0700 e. The molecule has 0 radical (unpaired) electrons. The second-order valence-corrected chi connectivity index (χ2v) is 8.14. The topological polar surface area (TPSA) is 21.3 Å². The fourth-order valence-electron chi connectivity index (χ4n) is 3.87. The second kappa shape index (κ2) is 18.7. The van der Waals surface area contributed by atoms with Crippen LogP contribution < -0.4 is 5.32 Å². The molecule has 1 unspecified atom stereocenters. The molecular weight excluding hydrogens is 306 g/mol. The van der Waals surface area contributed by atoms with Gasteiger partial charge in [-0.15, -0.1) is 0 Å². The van der Waals surface area contributed by atoms with Crippen molar-refractivity contribution in [3.8, 4) is 0 Å². The highest BCUT2D eigenvalue weighted by Gasteiger charge is 2.13. The van der Waals surface area contributed by atoms with Crippen LogP contribution in [-0.2, 0) is 4.74 Å². The van der Waals surface area contributed by atoms with Crippen molar-refractivity contribution in [2.45, 2.75) is 129 Å². The van der Waals surface area contributed by atoms with E-state index in [4.69, 9.17) is 4.74 Å². The second-order valence-electron chi connectivity index (χ2n) is 8.14. The Kier molecular flexibility index (Phi) is 17.2. The maximum absolute atomic E-state index is 5.62. The zero-order valence-corrected chi connectivity index (χ0v) is 17.3. The van der Waals surface area contributed by atoms with Crippen LogP contribution in [-0.4, -0.2) is 25.8 Å². The zero-order valence-electron chi connectivity index (χ0n) is 17.3. The molecule has 25 heavy (non-hydrogen) atoms. The molecule has 0 aromatic rings. The van der Waals surface area contributed by atoms with E-state index >= 15 is 0 Å². The lowest BCUT2D eigenvalue weighted by molar-refractivity contribution is 0.110. The number of rotatable bonds is 19. The molecule has 1 heterocycles. The number of hydrogen-bond donors (Lipinski definition) is 1. The molecule has 0 aliphatic carbocycles. The third-order valence-electron chi connectivity index (χ3n) is 5.60. The minimum atomic E-state index is 0.501. The van der Waals surface area contributed by atoms with Crippen LogP contribution in [0.15, 0.2) is 0 Å². The molecule has 1 fully saturated rings. The largest absolute Gasteiger partial charge is 0.377 e. The van der Waals surface area contributed by atoms with Gasteiger partial charge in [0.25, 0.3) is 0 Å². The predicted molar refractivity (Wildman–Crippen MR) is 111 cm³/mol. The molecular formula is C23H47NO. The van der Waals surface area contributed by atoms with Crippen molar-refractivity contribution in [1.82, 2.24) is 5.32 Å². The average Bonchev–Trinajstić information content (AvgIpc) is 3.14. The molecule has 1 rings (SSSR count). The van der Waals surface area contributed by atoms with E-state index in [0.29, 0.717) is 6.10 Å². The Morgan fingerprint density at radius 3 is 1.60 bits per heavy atom. The summed E-state index contributed by atoms with van der Waals surface area (Å²) in [4.78, 5) is 0. The molecule has 0 aromatic heterocycles. The van der Waals surface area contributed by atoms with Gasteiger partial charge in [-0.3, -0.25) is 0 Å². The highest BCUT2D eigenvalue weighted by atomic mass is 16.5. The molecule has 1 N–H and O–H groups in total. The number of hydrogen-bond acceptors (Lipinski definition) is 2. The third-order valence-corrected chi connectivity index (χ3v) is 5.60. The number of ether oxygens (including phenoxy) is 1. The summed E-state index contributed by atoms with van der Waals surface area (Å²) in [5.74, 6) is 0. The number of unbranched alkanes of at least 4 members (excludes halogenated alkanes) is 15. The fourth-order valence-corrected chi connectivity index (χ4v) is 3.87. The quantitative estimate of drug-likeness (QED) is 0.252. The van der Waals surface area contributed by atoms with Crippen LogP contribution in [0.4, 0.5) is 0 Å². The van der Waals surface area contributed by atoms with Gasteiger partial charge < -0.3 is 10.1 Å². The first-order valence-electron chi connectivity index (χ1n) is 11.8. The van der Waals surface area contributed by atoms with E-state index in [1.54, 1.807) is 0 Å². The van der Waals surface area contributed by atoms with Gasteiger partial charge >= 0.3 is 0 Å². The predicted octanol–water partition coefficient (Wildman–Crippen LogP) is 7.02. The van der Waals surface area contributed by atoms with E-state index < -0.39 is 0 Å². The number of nitrogens with one attached hydrogen (secondary N) is 1. The van der Waals surface area contributed by atoms with E-state index in [1.807, 2.05) is 0 Å². The molecule has 1 aliphatic rings. The van der Waals surface area contributed by atoms with Crippen molar-refractivity contribution in [2.75, 3.05) is 19.7 Å². The van der Waals surface area contributed by atoms with Crippen LogP contribution >= 0.6 is 0 Å². The minimum Gasteiger partial charge on any atom is -0.377 e. The van der Waals surface area contributed by atoms with Crippen LogP contribution in [0, 0.1) is 0 Å². The van der Waals surface area contributed by atoms with Crippen LogP contribution in [0.3, 0.4) is 0 Å². The Morgan fingerprint density at radius 1 is 0.680 bits per heavy atom. The lowest BCUT2D eigenvalue weighted by Crippen LogP contribution is -2.26. The van der Waals surface area contributed by atoms with Crippen LogP contribution in [0.5, 0.6) is 0 Å². The third kappa shape index (κ3) is 15.9. The molecule has 1 aliphatic heterocycles. The van der Waals surface area contributed by atoms with Crippen molar-refractivity contribution >= 4 is 0 Å². The van der Waals surface area contributed by atoms with Gasteiger partial charge in [0.2, 0.25) is 0 Å². The molecule has 0 saturated carbocycles. The molecule has 1 atom stereocenters. The molecule has 2 heteroatoms. The first-order valence-corrected chi connectivity index (χ1v) is 11.8. The Balaban J connectivity index is 1.63. The maximum atomic E-state index is 5.62. The van der Waals surface area contributed by atoms with Gasteiger partial charge in [0.05, 0.1) is 6.10 Å². The summed E-state index contributed by atoms with van der Waals surface area (Å²) in [5, 5.41) is 3.55. The molecule has 0 spiro atoms. The summed E-state index contributed by atoms with van der Waals surface area (Å²) in [6, 6.07) is 0. The lowest BCUT2D eigenvalue weighted by Gasteiger charge is -2.10. The molecule has 0 aromatic carbocycles. The average molecular weight is 354 g/mol. The Morgan fingerprint density at radius 2 is 1.16 bits per heavy atom. The van der Waals surface area contributed by atoms with Crippen molar-refractivity contribution in [3.05, 3.63) is 0 Å². The van der Waals surface area contributed by atoms with Gasteiger partial charge in [0.15, 0.2) is 0 Å². The van der Waals surface area contributed by atoms with Gasteiger partial charge in [-0.05, 0) is 25.8 Å². The molecule has 150 valence electrons. The summed E-state index contributed by atoms with van der Waals surface area (Å²) in [6.07, 6.45) is 26.1. The fraction of sp³-hybridized carbons (Fsp3) is 1.00. The van der Waals surface area contributed by atoms with Gasteiger partial charge in [0, 0.05) is 13.2 Å². The van der Waals surface area contributed by atoms with E-state index in [1.165, 1.54) is 122 Å². The normalized spacial score (nSPS) is 17.4. The Labute approximate surface area is 158 Å². The Bertz CT molecular complexity index is 250. The molecule has 1 saturated heterocycles.